The Morgan fingerprint density at radius 3 is 2.55 bits per heavy atom. The van der Waals surface area contributed by atoms with E-state index >= 15 is 0 Å². The second-order valence-corrected chi connectivity index (χ2v) is 5.80. The highest BCUT2D eigenvalue weighted by atomic mass is 35.5. The molecule has 0 aliphatic carbocycles. The summed E-state index contributed by atoms with van der Waals surface area (Å²) in [5.74, 6) is 0.773. The monoisotopic (exact) mass is 341 g/mol. The van der Waals surface area contributed by atoms with Gasteiger partial charge in [-0.05, 0) is 36.2 Å². The van der Waals surface area contributed by atoms with Crippen molar-refractivity contribution in [3.05, 3.63) is 64.4 Å². The molecular formula is C17H18Cl2FNO. The van der Waals surface area contributed by atoms with Gasteiger partial charge in [-0.2, -0.15) is 0 Å². The Morgan fingerprint density at radius 2 is 1.95 bits per heavy atom. The van der Waals surface area contributed by atoms with E-state index in [4.69, 9.17) is 16.3 Å². The SMILES string of the molecule is Cc1ccccc1OC(c1ccc(Cl)c(F)c1)C1CNC1.Cl. The summed E-state index contributed by atoms with van der Waals surface area (Å²) in [5.41, 5.74) is 1.90. The van der Waals surface area contributed by atoms with E-state index in [0.717, 1.165) is 30.0 Å². The number of nitrogens with one attached hydrogen (secondary N) is 1. The van der Waals surface area contributed by atoms with Crippen LogP contribution in [0.25, 0.3) is 0 Å². The van der Waals surface area contributed by atoms with Crippen LogP contribution < -0.4 is 10.1 Å². The van der Waals surface area contributed by atoms with Crippen molar-refractivity contribution >= 4 is 24.0 Å². The lowest BCUT2D eigenvalue weighted by atomic mass is 9.90. The summed E-state index contributed by atoms with van der Waals surface area (Å²) < 4.78 is 19.9. The van der Waals surface area contributed by atoms with Crippen molar-refractivity contribution in [2.75, 3.05) is 13.1 Å². The van der Waals surface area contributed by atoms with Gasteiger partial charge >= 0.3 is 0 Å². The average Bonchev–Trinajstić information content (AvgIpc) is 2.41. The Hall–Kier alpha value is -1.29. The molecule has 0 spiro atoms. The summed E-state index contributed by atoms with van der Waals surface area (Å²) in [4.78, 5) is 0. The van der Waals surface area contributed by atoms with Crippen LogP contribution in [0.1, 0.15) is 17.2 Å². The van der Waals surface area contributed by atoms with Crippen molar-refractivity contribution in [3.63, 3.8) is 0 Å². The third kappa shape index (κ3) is 3.54. The lowest BCUT2D eigenvalue weighted by molar-refractivity contribution is 0.0983. The fourth-order valence-electron chi connectivity index (χ4n) is 2.48. The van der Waals surface area contributed by atoms with Gasteiger partial charge in [0.05, 0.1) is 5.02 Å². The van der Waals surface area contributed by atoms with Crippen molar-refractivity contribution in [2.24, 2.45) is 5.92 Å². The van der Waals surface area contributed by atoms with Gasteiger partial charge in [0, 0.05) is 19.0 Å². The third-order valence-electron chi connectivity index (χ3n) is 3.86. The highest BCUT2D eigenvalue weighted by molar-refractivity contribution is 6.30. The largest absolute Gasteiger partial charge is 0.485 e. The number of halogens is 3. The molecule has 5 heteroatoms. The first-order valence-electron chi connectivity index (χ1n) is 7.03. The fraction of sp³-hybridized carbons (Fsp3) is 0.294. The van der Waals surface area contributed by atoms with Gasteiger partial charge in [0.2, 0.25) is 0 Å². The molecule has 0 bridgehead atoms. The van der Waals surface area contributed by atoms with E-state index in [0.29, 0.717) is 5.92 Å². The Bertz CT molecular complexity index is 646. The van der Waals surface area contributed by atoms with E-state index in [2.05, 4.69) is 5.32 Å². The third-order valence-corrected chi connectivity index (χ3v) is 4.17. The van der Waals surface area contributed by atoms with Gasteiger partial charge < -0.3 is 10.1 Å². The molecule has 1 aliphatic heterocycles. The van der Waals surface area contributed by atoms with Crippen LogP contribution in [-0.2, 0) is 0 Å². The molecule has 0 saturated carbocycles. The Kier molecular flexibility index (Phi) is 5.68. The zero-order chi connectivity index (χ0) is 14.8. The number of aryl methyl sites for hydroxylation is 1. The molecule has 2 aromatic rings. The van der Waals surface area contributed by atoms with Crippen LogP contribution in [0.4, 0.5) is 4.39 Å². The lowest BCUT2D eigenvalue weighted by Crippen LogP contribution is -2.46. The van der Waals surface area contributed by atoms with Crippen molar-refractivity contribution in [1.82, 2.24) is 5.32 Å². The molecule has 1 aliphatic rings. The highest BCUT2D eigenvalue weighted by Gasteiger charge is 2.30. The molecule has 1 atom stereocenters. The first-order valence-corrected chi connectivity index (χ1v) is 7.41. The standard InChI is InChI=1S/C17H17ClFNO.ClH/c1-11-4-2-3-5-16(11)21-17(13-9-20-10-13)12-6-7-14(18)15(19)8-12;/h2-8,13,17,20H,9-10H2,1H3;1H. The highest BCUT2D eigenvalue weighted by Crippen LogP contribution is 2.33. The molecular weight excluding hydrogens is 324 g/mol. The summed E-state index contributed by atoms with van der Waals surface area (Å²) >= 11 is 5.77. The van der Waals surface area contributed by atoms with E-state index in [1.54, 1.807) is 6.07 Å². The Balaban J connectivity index is 0.00000176. The van der Waals surface area contributed by atoms with Crippen molar-refractivity contribution < 1.29 is 9.13 Å². The summed E-state index contributed by atoms with van der Waals surface area (Å²) in [5, 5.41) is 3.38. The van der Waals surface area contributed by atoms with Gasteiger partial charge in [-0.25, -0.2) is 4.39 Å². The van der Waals surface area contributed by atoms with E-state index < -0.39 is 5.82 Å². The number of hydrogen-bond acceptors (Lipinski definition) is 2. The number of rotatable bonds is 4. The van der Waals surface area contributed by atoms with Gasteiger partial charge in [0.15, 0.2) is 0 Å². The van der Waals surface area contributed by atoms with E-state index in [1.165, 1.54) is 6.07 Å². The van der Waals surface area contributed by atoms with Gasteiger partial charge in [0.1, 0.15) is 17.7 Å². The van der Waals surface area contributed by atoms with Crippen LogP contribution in [0, 0.1) is 18.7 Å². The zero-order valence-corrected chi connectivity index (χ0v) is 13.8. The molecule has 0 amide bonds. The van der Waals surface area contributed by atoms with Crippen LogP contribution in [0.2, 0.25) is 5.02 Å². The fourth-order valence-corrected chi connectivity index (χ4v) is 2.59. The topological polar surface area (TPSA) is 21.3 Å². The van der Waals surface area contributed by atoms with Gasteiger partial charge in [0.25, 0.3) is 0 Å². The van der Waals surface area contributed by atoms with Gasteiger partial charge in [-0.15, -0.1) is 12.4 Å². The molecule has 0 aromatic heterocycles. The molecule has 0 radical (unpaired) electrons. The number of hydrogen-bond donors (Lipinski definition) is 1. The van der Waals surface area contributed by atoms with Gasteiger partial charge in [-0.1, -0.05) is 35.9 Å². The predicted molar refractivity (Wildman–Crippen MR) is 89.6 cm³/mol. The smallest absolute Gasteiger partial charge is 0.142 e. The first kappa shape index (κ1) is 17.1. The first-order chi connectivity index (χ1) is 10.1. The molecule has 2 nitrogen and oxygen atoms in total. The summed E-state index contributed by atoms with van der Waals surface area (Å²) in [7, 11) is 0. The number of ether oxygens (including phenoxy) is 1. The van der Waals surface area contributed by atoms with Gasteiger partial charge in [-0.3, -0.25) is 0 Å². The maximum Gasteiger partial charge on any atom is 0.142 e. The van der Waals surface area contributed by atoms with Crippen molar-refractivity contribution in [1.29, 1.82) is 0 Å². The second-order valence-electron chi connectivity index (χ2n) is 5.40. The summed E-state index contributed by atoms with van der Waals surface area (Å²) in [6.07, 6.45) is -0.167. The molecule has 3 rings (SSSR count). The molecule has 1 N–H and O–H groups in total. The normalized spacial score (nSPS) is 15.6. The Labute approximate surface area is 141 Å². The summed E-state index contributed by atoms with van der Waals surface area (Å²) in [6.45, 7) is 3.76. The lowest BCUT2D eigenvalue weighted by Gasteiger charge is -2.35. The average molecular weight is 342 g/mol. The molecule has 118 valence electrons. The maximum absolute atomic E-state index is 13.7. The van der Waals surface area contributed by atoms with Crippen LogP contribution in [0.5, 0.6) is 5.75 Å². The molecule has 1 heterocycles. The van der Waals surface area contributed by atoms with E-state index in [9.17, 15) is 4.39 Å². The molecule has 1 unspecified atom stereocenters. The maximum atomic E-state index is 13.7. The number of benzene rings is 2. The molecule has 1 fully saturated rings. The van der Waals surface area contributed by atoms with E-state index in [1.807, 2.05) is 37.3 Å². The zero-order valence-electron chi connectivity index (χ0n) is 12.2. The van der Waals surface area contributed by atoms with Crippen LogP contribution in [0.15, 0.2) is 42.5 Å². The van der Waals surface area contributed by atoms with E-state index in [-0.39, 0.29) is 23.5 Å². The van der Waals surface area contributed by atoms with Crippen LogP contribution in [-0.4, -0.2) is 13.1 Å². The van der Waals surface area contributed by atoms with Crippen molar-refractivity contribution in [2.45, 2.75) is 13.0 Å². The van der Waals surface area contributed by atoms with Crippen LogP contribution >= 0.6 is 24.0 Å². The Morgan fingerprint density at radius 1 is 1.23 bits per heavy atom. The summed E-state index contributed by atoms with van der Waals surface area (Å²) in [6, 6.07) is 12.8. The van der Waals surface area contributed by atoms with Crippen molar-refractivity contribution in [3.8, 4) is 5.75 Å². The molecule has 2 aromatic carbocycles. The minimum atomic E-state index is -0.403. The number of para-hydroxylation sites is 1. The predicted octanol–water partition coefficient (Wildman–Crippen LogP) is 4.55. The molecule has 22 heavy (non-hydrogen) atoms. The minimum Gasteiger partial charge on any atom is -0.485 e. The quantitative estimate of drug-likeness (QED) is 0.880. The molecule has 1 saturated heterocycles. The second kappa shape index (κ2) is 7.32. The van der Waals surface area contributed by atoms with Crippen LogP contribution in [0.3, 0.4) is 0 Å². The minimum absolute atomic E-state index is 0.